The number of hydrogen-bond acceptors (Lipinski definition) is 5. The van der Waals surface area contributed by atoms with E-state index in [4.69, 9.17) is 0 Å². The van der Waals surface area contributed by atoms with Crippen LogP contribution in [0.2, 0.25) is 0 Å². The summed E-state index contributed by atoms with van der Waals surface area (Å²) in [4.78, 5) is 22.4. The van der Waals surface area contributed by atoms with Crippen LogP contribution in [0.15, 0.2) is 29.9 Å². The zero-order valence-corrected chi connectivity index (χ0v) is 11.2. The molecule has 3 heterocycles. The van der Waals surface area contributed by atoms with E-state index in [9.17, 15) is 4.79 Å². The minimum absolute atomic E-state index is 0.0352. The molecule has 0 spiro atoms. The second-order valence-corrected chi connectivity index (χ2v) is 5.26. The fourth-order valence-corrected chi connectivity index (χ4v) is 2.78. The van der Waals surface area contributed by atoms with Crippen LogP contribution in [0.5, 0.6) is 0 Å². The van der Waals surface area contributed by atoms with E-state index in [2.05, 4.69) is 15.3 Å². The predicted molar refractivity (Wildman–Crippen MR) is 74.8 cm³/mol. The summed E-state index contributed by atoms with van der Waals surface area (Å²) in [5.74, 6) is 0.0352. The molecule has 2 aromatic rings. The molecule has 19 heavy (non-hydrogen) atoms. The number of anilines is 2. The molecule has 2 aromatic heterocycles. The number of amides is 1. The van der Waals surface area contributed by atoms with Crippen molar-refractivity contribution in [3.05, 3.63) is 35.6 Å². The van der Waals surface area contributed by atoms with Gasteiger partial charge in [0.15, 0.2) is 5.13 Å². The Morgan fingerprint density at radius 2 is 2.21 bits per heavy atom. The van der Waals surface area contributed by atoms with Gasteiger partial charge in [-0.2, -0.15) is 0 Å². The van der Waals surface area contributed by atoms with Crippen molar-refractivity contribution >= 4 is 28.1 Å². The number of likely N-dealkylation sites (tertiary alicyclic amines) is 1. The van der Waals surface area contributed by atoms with E-state index in [0.717, 1.165) is 36.8 Å². The first kappa shape index (κ1) is 12.1. The zero-order chi connectivity index (χ0) is 13.1. The number of nitrogens with zero attached hydrogens (tertiary/aromatic N) is 3. The number of hydrogen-bond donors (Lipinski definition) is 1. The standard InChI is InChI=1S/C13H14N4OS/c18-12(17-6-1-2-7-17)11-9-19-13(16-11)15-10-4-3-5-14-8-10/h3-5,8-9H,1-2,6-7H2,(H,15,16). The van der Waals surface area contributed by atoms with Crippen LogP contribution in [0.3, 0.4) is 0 Å². The first-order chi connectivity index (χ1) is 9.33. The lowest BCUT2D eigenvalue weighted by Crippen LogP contribution is -2.27. The molecule has 1 aliphatic rings. The molecule has 0 unspecified atom stereocenters. The number of rotatable bonds is 3. The summed E-state index contributed by atoms with van der Waals surface area (Å²) in [7, 11) is 0. The van der Waals surface area contributed by atoms with Gasteiger partial charge in [-0.1, -0.05) is 0 Å². The van der Waals surface area contributed by atoms with E-state index in [0.29, 0.717) is 5.69 Å². The molecule has 6 heteroatoms. The van der Waals surface area contributed by atoms with Crippen molar-refractivity contribution in [2.45, 2.75) is 12.8 Å². The van der Waals surface area contributed by atoms with Crippen LogP contribution in [0.4, 0.5) is 10.8 Å². The molecule has 0 aliphatic carbocycles. The first-order valence-electron chi connectivity index (χ1n) is 6.25. The predicted octanol–water partition coefficient (Wildman–Crippen LogP) is 2.52. The highest BCUT2D eigenvalue weighted by Crippen LogP contribution is 2.22. The Labute approximate surface area is 115 Å². The second kappa shape index (κ2) is 5.36. The van der Waals surface area contributed by atoms with Crippen LogP contribution < -0.4 is 5.32 Å². The maximum atomic E-state index is 12.1. The lowest BCUT2D eigenvalue weighted by molar-refractivity contribution is 0.0788. The van der Waals surface area contributed by atoms with Gasteiger partial charge >= 0.3 is 0 Å². The van der Waals surface area contributed by atoms with Gasteiger partial charge in [0.1, 0.15) is 5.69 Å². The van der Waals surface area contributed by atoms with E-state index in [1.54, 1.807) is 17.8 Å². The van der Waals surface area contributed by atoms with Crippen molar-refractivity contribution in [1.29, 1.82) is 0 Å². The molecule has 98 valence electrons. The fraction of sp³-hybridized carbons (Fsp3) is 0.308. The van der Waals surface area contributed by atoms with Crippen LogP contribution in [0.1, 0.15) is 23.3 Å². The minimum Gasteiger partial charge on any atom is -0.337 e. The third kappa shape index (κ3) is 2.73. The monoisotopic (exact) mass is 274 g/mol. The Hall–Kier alpha value is -1.95. The lowest BCUT2D eigenvalue weighted by Gasteiger charge is -2.12. The molecule has 1 amide bonds. The molecule has 5 nitrogen and oxygen atoms in total. The largest absolute Gasteiger partial charge is 0.337 e. The molecule has 0 bridgehead atoms. The number of carbonyl (C=O) groups is 1. The van der Waals surface area contributed by atoms with Gasteiger partial charge in [0.2, 0.25) is 0 Å². The van der Waals surface area contributed by atoms with Gasteiger partial charge in [-0.3, -0.25) is 9.78 Å². The topological polar surface area (TPSA) is 58.1 Å². The molecule has 1 fully saturated rings. The molecule has 1 aliphatic heterocycles. The van der Waals surface area contributed by atoms with Gasteiger partial charge < -0.3 is 10.2 Å². The Bertz CT molecular complexity index is 563. The number of carbonyl (C=O) groups excluding carboxylic acids is 1. The molecule has 1 saturated heterocycles. The van der Waals surface area contributed by atoms with Crippen LogP contribution in [-0.2, 0) is 0 Å². The molecule has 0 saturated carbocycles. The van der Waals surface area contributed by atoms with Crippen molar-refractivity contribution in [3.8, 4) is 0 Å². The van der Waals surface area contributed by atoms with Crippen LogP contribution in [0, 0.1) is 0 Å². The Morgan fingerprint density at radius 3 is 2.95 bits per heavy atom. The first-order valence-corrected chi connectivity index (χ1v) is 7.13. The van der Waals surface area contributed by atoms with Gasteiger partial charge in [-0.05, 0) is 25.0 Å². The van der Waals surface area contributed by atoms with E-state index < -0.39 is 0 Å². The number of thiazole rings is 1. The third-order valence-electron chi connectivity index (χ3n) is 3.03. The summed E-state index contributed by atoms with van der Waals surface area (Å²) in [5, 5.41) is 5.67. The van der Waals surface area contributed by atoms with E-state index >= 15 is 0 Å². The Balaban J connectivity index is 1.71. The molecule has 3 rings (SSSR count). The summed E-state index contributed by atoms with van der Waals surface area (Å²) < 4.78 is 0. The normalized spacial score (nSPS) is 14.6. The van der Waals surface area contributed by atoms with Crippen molar-refractivity contribution in [3.63, 3.8) is 0 Å². The van der Waals surface area contributed by atoms with E-state index in [1.165, 1.54) is 11.3 Å². The molecule has 0 radical (unpaired) electrons. The highest BCUT2D eigenvalue weighted by Gasteiger charge is 2.21. The number of pyridine rings is 1. The van der Waals surface area contributed by atoms with Gasteiger partial charge in [0.05, 0.1) is 11.9 Å². The minimum atomic E-state index is 0.0352. The van der Waals surface area contributed by atoms with Gasteiger partial charge in [-0.15, -0.1) is 11.3 Å². The van der Waals surface area contributed by atoms with Crippen molar-refractivity contribution in [2.75, 3.05) is 18.4 Å². The fourth-order valence-electron chi connectivity index (χ4n) is 2.07. The molecule has 0 atom stereocenters. The third-order valence-corrected chi connectivity index (χ3v) is 3.79. The molecule has 0 aromatic carbocycles. The van der Waals surface area contributed by atoms with Gasteiger partial charge in [0, 0.05) is 24.7 Å². The average molecular weight is 274 g/mol. The molecule has 1 N–H and O–H groups in total. The van der Waals surface area contributed by atoms with Crippen molar-refractivity contribution in [2.24, 2.45) is 0 Å². The van der Waals surface area contributed by atoms with E-state index in [1.807, 2.05) is 17.0 Å². The van der Waals surface area contributed by atoms with Crippen LogP contribution in [-0.4, -0.2) is 33.9 Å². The lowest BCUT2D eigenvalue weighted by atomic mass is 10.4. The highest BCUT2D eigenvalue weighted by molar-refractivity contribution is 7.14. The van der Waals surface area contributed by atoms with Crippen molar-refractivity contribution in [1.82, 2.24) is 14.9 Å². The summed E-state index contributed by atoms with van der Waals surface area (Å²) in [6.45, 7) is 1.70. The quantitative estimate of drug-likeness (QED) is 0.934. The molecular weight excluding hydrogens is 260 g/mol. The zero-order valence-electron chi connectivity index (χ0n) is 10.4. The smallest absolute Gasteiger partial charge is 0.273 e. The maximum absolute atomic E-state index is 12.1. The molecular formula is C13H14N4OS. The van der Waals surface area contributed by atoms with Gasteiger partial charge in [-0.25, -0.2) is 4.98 Å². The van der Waals surface area contributed by atoms with Crippen LogP contribution in [0.25, 0.3) is 0 Å². The average Bonchev–Trinajstić information content (AvgIpc) is 3.10. The number of aromatic nitrogens is 2. The van der Waals surface area contributed by atoms with Crippen LogP contribution >= 0.6 is 11.3 Å². The van der Waals surface area contributed by atoms with E-state index in [-0.39, 0.29) is 5.91 Å². The second-order valence-electron chi connectivity index (χ2n) is 4.40. The van der Waals surface area contributed by atoms with Crippen molar-refractivity contribution < 1.29 is 4.79 Å². The Kier molecular flexibility index (Phi) is 3.41. The maximum Gasteiger partial charge on any atom is 0.273 e. The SMILES string of the molecule is O=C(c1csc(Nc2cccnc2)n1)N1CCCC1. The van der Waals surface area contributed by atoms with Gasteiger partial charge in [0.25, 0.3) is 5.91 Å². The summed E-state index contributed by atoms with van der Waals surface area (Å²) >= 11 is 1.43. The summed E-state index contributed by atoms with van der Waals surface area (Å²) in [6, 6.07) is 3.77. The highest BCUT2D eigenvalue weighted by atomic mass is 32.1. The summed E-state index contributed by atoms with van der Waals surface area (Å²) in [6.07, 6.45) is 5.63. The summed E-state index contributed by atoms with van der Waals surface area (Å²) in [5.41, 5.74) is 1.40. The Morgan fingerprint density at radius 1 is 1.37 bits per heavy atom. The number of nitrogens with one attached hydrogen (secondary N) is 1.